The molecule has 1 aliphatic carbocycles. The Morgan fingerprint density at radius 1 is 1.19 bits per heavy atom. The van der Waals surface area contributed by atoms with Gasteiger partial charge in [-0.3, -0.25) is 4.79 Å². The van der Waals surface area contributed by atoms with Crippen molar-refractivity contribution in [2.24, 2.45) is 5.16 Å². The van der Waals surface area contributed by atoms with Crippen molar-refractivity contribution in [3.63, 3.8) is 0 Å². The van der Waals surface area contributed by atoms with Crippen LogP contribution in [0.3, 0.4) is 0 Å². The number of nitrogens with one attached hydrogen (secondary N) is 1. The molecule has 12 heteroatoms. The topological polar surface area (TPSA) is 50.7 Å². The second-order valence-corrected chi connectivity index (χ2v) is 9.77. The molecule has 0 bridgehead atoms. The van der Waals surface area contributed by atoms with Gasteiger partial charge in [-0.15, -0.1) is 11.3 Å². The van der Waals surface area contributed by atoms with E-state index < -0.39 is 48.9 Å². The van der Waals surface area contributed by atoms with Crippen molar-refractivity contribution in [1.29, 1.82) is 0 Å². The summed E-state index contributed by atoms with van der Waals surface area (Å²) in [6, 6.07) is 4.42. The van der Waals surface area contributed by atoms with E-state index in [-0.39, 0.29) is 26.2 Å². The van der Waals surface area contributed by atoms with E-state index in [1.807, 2.05) is 0 Å². The van der Waals surface area contributed by atoms with Crippen molar-refractivity contribution in [1.82, 2.24) is 5.32 Å². The molecule has 1 N–H and O–H groups in total. The molecule has 2 aliphatic rings. The largest absolute Gasteiger partial charge is 0.435 e. The molecule has 2 aromatic rings. The molecule has 0 radical (unpaired) electrons. The van der Waals surface area contributed by atoms with Crippen LogP contribution in [0, 0.1) is 6.92 Å². The fraction of sp³-hybridized carbons (Fsp3) is 0.400. The Bertz CT molecular complexity index is 1090. The third-order valence-corrected chi connectivity index (χ3v) is 7.07. The zero-order chi connectivity index (χ0) is 23.5. The van der Waals surface area contributed by atoms with Crippen LogP contribution in [0.4, 0.5) is 22.0 Å². The number of alkyl halides is 5. The summed E-state index contributed by atoms with van der Waals surface area (Å²) in [5, 5.41) is 6.22. The first kappa shape index (κ1) is 23.3. The number of carbonyl (C=O) groups is 1. The lowest BCUT2D eigenvalue weighted by atomic mass is 9.88. The van der Waals surface area contributed by atoms with Crippen LogP contribution in [0.1, 0.15) is 44.9 Å². The van der Waals surface area contributed by atoms with Crippen LogP contribution in [-0.2, 0) is 10.4 Å². The third-order valence-electron chi connectivity index (χ3n) is 5.35. The van der Waals surface area contributed by atoms with Crippen molar-refractivity contribution in [2.45, 2.75) is 49.9 Å². The lowest BCUT2D eigenvalue weighted by Gasteiger charge is -2.35. The molecule has 1 aromatic heterocycles. The van der Waals surface area contributed by atoms with Gasteiger partial charge in [-0.1, -0.05) is 28.4 Å². The summed E-state index contributed by atoms with van der Waals surface area (Å²) in [6.07, 6.45) is -6.36. The number of halogens is 7. The Kier molecular flexibility index (Phi) is 5.70. The maximum absolute atomic E-state index is 14.1. The van der Waals surface area contributed by atoms with E-state index in [9.17, 15) is 26.7 Å². The van der Waals surface area contributed by atoms with E-state index in [0.717, 1.165) is 23.5 Å². The van der Waals surface area contributed by atoms with E-state index in [4.69, 9.17) is 28.0 Å². The van der Waals surface area contributed by atoms with Gasteiger partial charge >= 0.3 is 6.18 Å². The number of rotatable bonds is 4. The first-order chi connectivity index (χ1) is 14.8. The summed E-state index contributed by atoms with van der Waals surface area (Å²) in [5.74, 6) is -3.34. The predicted molar refractivity (Wildman–Crippen MR) is 111 cm³/mol. The van der Waals surface area contributed by atoms with Gasteiger partial charge in [0.15, 0.2) is 0 Å². The molecule has 1 aliphatic heterocycles. The minimum Gasteiger partial charge on any atom is -0.374 e. The molecule has 172 valence electrons. The average molecular weight is 513 g/mol. The zero-order valence-electron chi connectivity index (χ0n) is 16.3. The lowest BCUT2D eigenvalue weighted by molar-refractivity contribution is -0.275. The molecule has 0 unspecified atom stereocenters. The highest BCUT2D eigenvalue weighted by Crippen LogP contribution is 2.50. The van der Waals surface area contributed by atoms with Crippen molar-refractivity contribution >= 4 is 46.2 Å². The van der Waals surface area contributed by atoms with E-state index in [1.165, 1.54) is 12.1 Å². The maximum atomic E-state index is 14.1. The zero-order valence-corrected chi connectivity index (χ0v) is 18.7. The molecule has 1 fully saturated rings. The monoisotopic (exact) mass is 512 g/mol. The Morgan fingerprint density at radius 2 is 1.81 bits per heavy atom. The predicted octanol–water partition coefficient (Wildman–Crippen LogP) is 6.47. The molecule has 0 spiro atoms. The number of thiophene rings is 1. The number of nitrogens with zero attached hydrogens (tertiary/aromatic N) is 1. The quantitative estimate of drug-likeness (QED) is 0.477. The summed E-state index contributed by atoms with van der Waals surface area (Å²) in [7, 11) is 0. The van der Waals surface area contributed by atoms with Crippen LogP contribution in [0.2, 0.25) is 10.0 Å². The molecular formula is C20H15Cl2F5N2O2S. The Morgan fingerprint density at radius 3 is 2.38 bits per heavy atom. The second-order valence-electron chi connectivity index (χ2n) is 7.85. The molecule has 1 saturated carbocycles. The number of hydrogen-bond donors (Lipinski definition) is 1. The van der Waals surface area contributed by atoms with E-state index >= 15 is 0 Å². The van der Waals surface area contributed by atoms with Gasteiger partial charge in [-0.05, 0) is 36.8 Å². The first-order valence-electron chi connectivity index (χ1n) is 9.37. The van der Waals surface area contributed by atoms with Crippen molar-refractivity contribution in [3.8, 4) is 0 Å². The highest BCUT2D eigenvalue weighted by Gasteiger charge is 2.62. The van der Waals surface area contributed by atoms with Crippen LogP contribution >= 0.6 is 34.5 Å². The maximum Gasteiger partial charge on any atom is 0.435 e. The van der Waals surface area contributed by atoms with Crippen molar-refractivity contribution in [2.75, 3.05) is 0 Å². The Balaban J connectivity index is 1.58. The van der Waals surface area contributed by atoms with Crippen LogP contribution < -0.4 is 5.32 Å². The third kappa shape index (κ3) is 4.20. The molecule has 1 atom stereocenters. The molecule has 1 amide bonds. The van der Waals surface area contributed by atoms with Gasteiger partial charge in [0.25, 0.3) is 17.4 Å². The molecule has 2 heterocycles. The molecular weight excluding hydrogens is 498 g/mol. The smallest absolute Gasteiger partial charge is 0.374 e. The second kappa shape index (κ2) is 7.85. The highest BCUT2D eigenvalue weighted by atomic mass is 35.5. The number of hydrogen-bond acceptors (Lipinski definition) is 4. The molecule has 4 nitrogen and oxygen atoms in total. The van der Waals surface area contributed by atoms with E-state index in [1.54, 1.807) is 6.92 Å². The number of oxime groups is 1. The molecule has 4 rings (SSSR count). The van der Waals surface area contributed by atoms with Gasteiger partial charge < -0.3 is 10.2 Å². The van der Waals surface area contributed by atoms with Gasteiger partial charge in [0.1, 0.15) is 5.71 Å². The van der Waals surface area contributed by atoms with Gasteiger partial charge in [0.2, 0.25) is 0 Å². The Labute approximate surface area is 193 Å². The summed E-state index contributed by atoms with van der Waals surface area (Å²) >= 11 is 12.7. The lowest BCUT2D eigenvalue weighted by Crippen LogP contribution is -2.50. The number of amides is 1. The standard InChI is InChI=1S/C20H15Cl2F5N2O2S/c1-9-2-15(32-16(9)17(30)28-13-6-18(23,24)7-13)14-8-19(31-29-14,20(25,26)27)10-3-11(21)5-12(22)4-10/h2-5,13H,6-8H2,1H3,(H,28,30)/t19-/m0/s1. The SMILES string of the molecule is Cc1cc(C2=NO[C@@](c3cc(Cl)cc(Cl)c3)(C(F)(F)F)C2)sc1C(=O)NC1CC(F)(F)C1. The van der Waals surface area contributed by atoms with Gasteiger partial charge in [-0.25, -0.2) is 8.78 Å². The van der Waals surface area contributed by atoms with E-state index in [2.05, 4.69) is 10.5 Å². The van der Waals surface area contributed by atoms with Crippen molar-refractivity contribution in [3.05, 3.63) is 55.2 Å². The van der Waals surface area contributed by atoms with Crippen LogP contribution in [-0.4, -0.2) is 29.8 Å². The fourth-order valence-electron chi connectivity index (χ4n) is 3.69. The van der Waals surface area contributed by atoms with Gasteiger partial charge in [0.05, 0.1) is 16.2 Å². The summed E-state index contributed by atoms with van der Waals surface area (Å²) in [4.78, 5) is 18.0. The van der Waals surface area contributed by atoms with Crippen molar-refractivity contribution < 1.29 is 31.6 Å². The summed E-state index contributed by atoms with van der Waals surface area (Å²) < 4.78 is 68.3. The van der Waals surface area contributed by atoms with Crippen LogP contribution in [0.5, 0.6) is 0 Å². The normalized spacial score (nSPS) is 22.8. The fourth-order valence-corrected chi connectivity index (χ4v) is 5.27. The number of benzene rings is 1. The minimum atomic E-state index is -4.84. The minimum absolute atomic E-state index is 0.000695. The van der Waals surface area contributed by atoms with Gasteiger partial charge in [0, 0.05) is 34.5 Å². The average Bonchev–Trinajstić information content (AvgIpc) is 3.23. The molecule has 32 heavy (non-hydrogen) atoms. The van der Waals surface area contributed by atoms with E-state index in [0.29, 0.717) is 10.4 Å². The van der Waals surface area contributed by atoms with Crippen LogP contribution in [0.15, 0.2) is 29.4 Å². The van der Waals surface area contributed by atoms with Gasteiger partial charge in [-0.2, -0.15) is 13.2 Å². The Hall–Kier alpha value is -1.91. The summed E-state index contributed by atoms with van der Waals surface area (Å²) in [6.45, 7) is 1.61. The van der Waals surface area contributed by atoms with Crippen LogP contribution in [0.25, 0.3) is 0 Å². The highest BCUT2D eigenvalue weighted by molar-refractivity contribution is 7.16. The summed E-state index contributed by atoms with van der Waals surface area (Å²) in [5.41, 5.74) is -2.58. The molecule has 1 aromatic carbocycles. The first-order valence-corrected chi connectivity index (χ1v) is 10.9. The number of carbonyl (C=O) groups excluding carboxylic acids is 1. The molecule has 0 saturated heterocycles. The number of aryl methyl sites for hydroxylation is 1.